The lowest BCUT2D eigenvalue weighted by molar-refractivity contribution is 1.02. The van der Waals surface area contributed by atoms with Crippen LogP contribution in [-0.4, -0.2) is 90.6 Å². The van der Waals surface area contributed by atoms with E-state index in [1.54, 1.807) is 0 Å². The third-order valence-corrected chi connectivity index (χ3v) is 18.7. The van der Waals surface area contributed by atoms with E-state index in [-0.39, 0.29) is 0 Å². The molecular formula is C86H50N18. The van der Waals surface area contributed by atoms with Crippen LogP contribution in [0.4, 0.5) is 0 Å². The first-order valence-corrected chi connectivity index (χ1v) is 33.5. The average Bonchev–Trinajstić information content (AvgIpc) is 0.760. The summed E-state index contributed by atoms with van der Waals surface area (Å²) in [5.74, 6) is 3.56. The van der Waals surface area contributed by atoms with E-state index in [0.717, 1.165) is 160 Å². The van der Waals surface area contributed by atoms with Crippen LogP contribution in [0.15, 0.2) is 304 Å². The third kappa shape index (κ3) is 11.6. The first kappa shape index (κ1) is 60.4. The van der Waals surface area contributed by atoms with Gasteiger partial charge in [-0.15, -0.1) is 40.8 Å². The standard InChI is InChI=1S/2C43H25N9/c1-3-7-34-32(5-1)21-33-6-2-4-8-35(33)40(34)43-49-41(28-13-9-26(10-14-28)30-17-19-36-38(22-30)51-46-24-44-36)48-42(50-43)29-15-11-27(12-16-29)31-18-20-37-39(23-31)52-47-25-45-37;1-2-5-31-21-36-34(20-30(31)4-1)6-3-7-35(36)43-49-41(28-12-8-26(9-13-28)32-16-18-37-39(22-32)51-46-24-44-37)48-42(50-43)29-14-10-27(11-15-29)33-17-19-38-40(23-33)52-47-25-45-38/h2*1-25H. The SMILES string of the molecule is c1ccc2c(-c3nc(-c4ccc(-c5ccc6ncnnc6c5)cc4)nc(-c4ccc(-c5ccc6ncnnc6c5)cc4)n3)c3ccccc3cc2c1.c1ccc2cc3c(-c4nc(-c5ccc(-c6ccc7ncnnc7c6)cc5)nc(-c5ccc(-c6ccc7ncnnc7c6)cc5)n4)cccc3cc2c1. The van der Waals surface area contributed by atoms with Crippen LogP contribution in [0.25, 0.3) is 200 Å². The summed E-state index contributed by atoms with van der Waals surface area (Å²) >= 11 is 0. The Balaban J connectivity index is 0.000000143. The van der Waals surface area contributed by atoms with E-state index in [1.807, 2.05) is 72.8 Å². The minimum absolute atomic E-state index is 0.585. The zero-order valence-corrected chi connectivity index (χ0v) is 54.9. The van der Waals surface area contributed by atoms with Gasteiger partial charge in [-0.2, -0.15) is 0 Å². The molecule has 0 N–H and O–H groups in total. The first-order valence-electron chi connectivity index (χ1n) is 33.5. The van der Waals surface area contributed by atoms with E-state index < -0.39 is 0 Å². The predicted molar refractivity (Wildman–Crippen MR) is 408 cm³/mol. The number of fused-ring (bicyclic) bond motifs is 8. The van der Waals surface area contributed by atoms with Gasteiger partial charge in [0.15, 0.2) is 34.9 Å². The van der Waals surface area contributed by atoms with Gasteiger partial charge in [0, 0.05) is 33.4 Å². The predicted octanol–water partition coefficient (Wildman–Crippen LogP) is 18.4. The number of hydrogen-bond donors (Lipinski definition) is 0. The van der Waals surface area contributed by atoms with Gasteiger partial charge in [-0.25, -0.2) is 49.8 Å². The molecule has 14 aromatic carbocycles. The van der Waals surface area contributed by atoms with Crippen molar-refractivity contribution in [3.8, 4) is 113 Å². The molecule has 20 aromatic rings. The first-order chi connectivity index (χ1) is 51.4. The Hall–Kier alpha value is -14.8. The molecule has 104 heavy (non-hydrogen) atoms. The fourth-order valence-electron chi connectivity index (χ4n) is 13.4. The molecule has 0 radical (unpaired) electrons. The molecule has 0 saturated carbocycles. The molecule has 0 aliphatic heterocycles. The van der Waals surface area contributed by atoms with Crippen molar-refractivity contribution in [3.63, 3.8) is 0 Å². The number of aromatic nitrogens is 18. The van der Waals surface area contributed by atoms with Gasteiger partial charge in [-0.1, -0.05) is 212 Å². The minimum Gasteiger partial charge on any atom is -0.233 e. The molecule has 0 fully saturated rings. The maximum atomic E-state index is 5.17. The van der Waals surface area contributed by atoms with Gasteiger partial charge < -0.3 is 0 Å². The van der Waals surface area contributed by atoms with Crippen molar-refractivity contribution in [2.45, 2.75) is 0 Å². The Morgan fingerprint density at radius 3 is 0.827 bits per heavy atom. The summed E-state index contributed by atoms with van der Waals surface area (Å²) in [5, 5.41) is 41.7. The molecule has 20 rings (SSSR count). The van der Waals surface area contributed by atoms with Gasteiger partial charge in [0.25, 0.3) is 0 Å². The number of hydrogen-bond acceptors (Lipinski definition) is 18. The van der Waals surface area contributed by atoms with E-state index in [2.05, 4.69) is 267 Å². The Labute approximate surface area is 591 Å². The molecule has 0 bridgehead atoms. The van der Waals surface area contributed by atoms with Crippen molar-refractivity contribution in [1.29, 1.82) is 0 Å². The zero-order chi connectivity index (χ0) is 68.9. The Kier molecular flexibility index (Phi) is 15.0. The number of nitrogens with zero attached hydrogens (tertiary/aromatic N) is 18. The molecule has 0 aliphatic rings. The summed E-state index contributed by atoms with van der Waals surface area (Å²) in [6, 6.07) is 95.2. The Bertz CT molecular complexity index is 6390. The lowest BCUT2D eigenvalue weighted by Gasteiger charge is -2.13. The van der Waals surface area contributed by atoms with E-state index >= 15 is 0 Å². The van der Waals surface area contributed by atoms with Crippen molar-refractivity contribution in [1.82, 2.24) is 90.6 Å². The lowest BCUT2D eigenvalue weighted by atomic mass is 9.96. The monoisotopic (exact) mass is 1330 g/mol. The van der Waals surface area contributed by atoms with Crippen LogP contribution in [0.3, 0.4) is 0 Å². The molecule has 0 aliphatic carbocycles. The number of rotatable bonds is 10. The van der Waals surface area contributed by atoms with Gasteiger partial charge in [0.2, 0.25) is 0 Å². The summed E-state index contributed by atoms with van der Waals surface area (Å²) in [4.78, 5) is 47.8. The van der Waals surface area contributed by atoms with Crippen molar-refractivity contribution < 1.29 is 0 Å². The van der Waals surface area contributed by atoms with Crippen LogP contribution in [0.5, 0.6) is 0 Å². The highest BCUT2D eigenvalue weighted by Gasteiger charge is 2.20. The quantitative estimate of drug-likeness (QED) is 0.116. The van der Waals surface area contributed by atoms with Crippen LogP contribution >= 0.6 is 0 Å². The second-order valence-electron chi connectivity index (χ2n) is 25.0. The maximum Gasteiger partial charge on any atom is 0.165 e. The van der Waals surface area contributed by atoms with Crippen LogP contribution in [-0.2, 0) is 0 Å². The normalized spacial score (nSPS) is 11.5. The highest BCUT2D eigenvalue weighted by molar-refractivity contribution is 6.12. The average molecular weight is 1340 g/mol. The molecule has 18 heteroatoms. The summed E-state index contributed by atoms with van der Waals surface area (Å²) in [6.45, 7) is 0. The fourth-order valence-corrected chi connectivity index (χ4v) is 13.4. The Morgan fingerprint density at radius 2 is 0.452 bits per heavy atom. The molecular weight excluding hydrogens is 1290 g/mol. The largest absolute Gasteiger partial charge is 0.233 e. The van der Waals surface area contributed by atoms with Crippen molar-refractivity contribution in [2.24, 2.45) is 0 Å². The third-order valence-electron chi connectivity index (χ3n) is 18.7. The fraction of sp³-hybridized carbons (Fsp3) is 0. The highest BCUT2D eigenvalue weighted by atomic mass is 15.1. The number of benzene rings is 14. The van der Waals surface area contributed by atoms with Gasteiger partial charge in [-0.05, 0) is 154 Å². The van der Waals surface area contributed by atoms with Gasteiger partial charge in [0.05, 0.1) is 22.1 Å². The second-order valence-corrected chi connectivity index (χ2v) is 25.0. The van der Waals surface area contributed by atoms with Crippen LogP contribution in [0, 0.1) is 0 Å². The van der Waals surface area contributed by atoms with Crippen LogP contribution < -0.4 is 0 Å². The molecule has 484 valence electrons. The lowest BCUT2D eigenvalue weighted by Crippen LogP contribution is -2.01. The second kappa shape index (κ2) is 25.8. The smallest absolute Gasteiger partial charge is 0.165 e. The topological polar surface area (TPSA) is 232 Å². The van der Waals surface area contributed by atoms with E-state index in [9.17, 15) is 0 Å². The zero-order valence-electron chi connectivity index (χ0n) is 54.9. The molecule has 0 unspecified atom stereocenters. The molecule has 0 saturated heterocycles. The van der Waals surface area contributed by atoms with E-state index in [1.165, 1.54) is 30.7 Å². The molecule has 0 spiro atoms. The van der Waals surface area contributed by atoms with Gasteiger partial charge in [-0.3, -0.25) is 0 Å². The molecule has 6 heterocycles. The van der Waals surface area contributed by atoms with Gasteiger partial charge >= 0.3 is 0 Å². The van der Waals surface area contributed by atoms with Crippen molar-refractivity contribution in [3.05, 3.63) is 304 Å². The summed E-state index contributed by atoms with van der Waals surface area (Å²) in [5.41, 5.74) is 19.9. The minimum atomic E-state index is 0.585. The highest BCUT2D eigenvalue weighted by Crippen LogP contribution is 2.39. The van der Waals surface area contributed by atoms with E-state index in [0.29, 0.717) is 34.9 Å². The van der Waals surface area contributed by atoms with Gasteiger partial charge in [0.1, 0.15) is 47.4 Å². The van der Waals surface area contributed by atoms with Crippen LogP contribution in [0.1, 0.15) is 0 Å². The molecule has 18 nitrogen and oxygen atoms in total. The van der Waals surface area contributed by atoms with Crippen molar-refractivity contribution >= 4 is 87.2 Å². The molecule has 0 amide bonds. The summed E-state index contributed by atoms with van der Waals surface area (Å²) < 4.78 is 0. The van der Waals surface area contributed by atoms with Crippen molar-refractivity contribution in [2.75, 3.05) is 0 Å². The van der Waals surface area contributed by atoms with Crippen LogP contribution in [0.2, 0.25) is 0 Å². The Morgan fingerprint density at radius 1 is 0.173 bits per heavy atom. The van der Waals surface area contributed by atoms with E-state index in [4.69, 9.17) is 29.9 Å². The molecule has 6 aromatic heterocycles. The molecule has 0 atom stereocenters. The summed E-state index contributed by atoms with van der Waals surface area (Å²) in [6.07, 6.45) is 5.84. The maximum absolute atomic E-state index is 5.17. The summed E-state index contributed by atoms with van der Waals surface area (Å²) in [7, 11) is 0.